The molecule has 654 valence electrons. The molecule has 0 radical (unpaired) electrons. The van der Waals surface area contributed by atoms with E-state index in [4.69, 9.17) is 33.2 Å². The van der Waals surface area contributed by atoms with Gasteiger partial charge in [0.1, 0.15) is 39.9 Å². The summed E-state index contributed by atoms with van der Waals surface area (Å²) in [6.45, 7) is 18.8. The van der Waals surface area contributed by atoms with E-state index in [0.29, 0.717) is 82.1 Å². The smallest absolute Gasteiger partial charge is 0.338 e. The lowest BCUT2D eigenvalue weighted by Crippen LogP contribution is -2.32. The van der Waals surface area contributed by atoms with Crippen molar-refractivity contribution in [2.75, 3.05) is 46.2 Å². The number of aliphatic hydroxyl groups is 2. The molecular weight excluding hydrogens is 1660 g/mol. The van der Waals surface area contributed by atoms with E-state index >= 15 is 0 Å². The quantitative estimate of drug-likeness (QED) is 0.0214. The van der Waals surface area contributed by atoms with Crippen LogP contribution in [-0.4, -0.2) is 68.4 Å². The summed E-state index contributed by atoms with van der Waals surface area (Å²) in [6, 6.07) is 55.9. The summed E-state index contributed by atoms with van der Waals surface area (Å²) in [6.07, 6.45) is 36.5. The van der Waals surface area contributed by atoms with Crippen molar-refractivity contribution in [3.05, 3.63) is 262 Å². The highest BCUT2D eigenvalue weighted by atomic mass is 79.9. The van der Waals surface area contributed by atoms with Crippen molar-refractivity contribution in [2.45, 2.75) is 252 Å². The van der Waals surface area contributed by atoms with E-state index < -0.39 is 23.1 Å². The molecule has 16 heteroatoms. The number of ether oxygens (including phenoxy) is 7. The van der Waals surface area contributed by atoms with Gasteiger partial charge in [-0.1, -0.05) is 260 Å². The Bertz CT molecular complexity index is 4250. The molecule has 2 N–H and O–H groups in total. The maximum absolute atomic E-state index is 14.2. The summed E-state index contributed by atoms with van der Waals surface area (Å²) >= 11 is 9.69. The van der Waals surface area contributed by atoms with E-state index in [2.05, 4.69) is 96.3 Å². The topological polar surface area (TPSA) is 139 Å². The van der Waals surface area contributed by atoms with Gasteiger partial charge in [-0.2, -0.15) is 45.3 Å². The fourth-order valence-electron chi connectivity index (χ4n) is 15.2. The van der Waals surface area contributed by atoms with E-state index in [9.17, 15) is 19.8 Å². The number of benzene rings is 7. The van der Waals surface area contributed by atoms with Gasteiger partial charge in [0.25, 0.3) is 0 Å². The molecule has 0 atom stereocenters. The highest BCUT2D eigenvalue weighted by molar-refractivity contribution is 9.10. The van der Waals surface area contributed by atoms with Crippen LogP contribution in [0.1, 0.15) is 295 Å². The lowest BCUT2D eigenvalue weighted by atomic mass is 9.72. The van der Waals surface area contributed by atoms with E-state index in [0.717, 1.165) is 125 Å². The van der Waals surface area contributed by atoms with Crippen molar-refractivity contribution in [1.82, 2.24) is 0 Å². The highest BCUT2D eigenvalue weighted by Crippen LogP contribution is 2.51. The predicted molar refractivity (Wildman–Crippen MR) is 517 cm³/mol. The van der Waals surface area contributed by atoms with Crippen LogP contribution in [0.2, 0.25) is 0 Å². The minimum absolute atomic E-state index is 0.287. The third-order valence-electron chi connectivity index (χ3n) is 22.1. The summed E-state index contributed by atoms with van der Waals surface area (Å²) in [7, 11) is 0. The second kappa shape index (κ2) is 55.1. The second-order valence-corrected chi connectivity index (χ2v) is 35.5. The SMILES string of the molecule is CCCCCCCCOc1ccc(Br)cc1.CCCCCCCCOc1ccc(C(O)(c2ccc(OCCCCCCCC)cc2)c2cc(-c3ccsc3)c(C(O)(c3ccc(OCCCCCCCC)cc3)c3ccc(OCCCCCCCC)cc3)cc2-c2ccsc2)cc1.CCOC(=O)c1cc(-c2ccsc2)c(C(=O)OCC)cc1-c1ccsc1. The molecule has 0 aliphatic carbocycles. The van der Waals surface area contributed by atoms with Crippen LogP contribution < -0.4 is 23.7 Å². The number of carbonyl (C=O) groups is 2. The minimum atomic E-state index is -1.67. The predicted octanol–water partition coefficient (Wildman–Crippen LogP) is 31.4. The Labute approximate surface area is 754 Å². The van der Waals surface area contributed by atoms with E-state index in [1.807, 2.05) is 155 Å². The minimum Gasteiger partial charge on any atom is -0.494 e. The van der Waals surface area contributed by atoms with Crippen LogP contribution in [0.5, 0.6) is 28.7 Å². The molecule has 0 amide bonds. The number of unbranched alkanes of at least 4 members (excludes halogenated alkanes) is 25. The number of rotatable bonds is 54. The zero-order valence-corrected chi connectivity index (χ0v) is 78.4. The summed E-state index contributed by atoms with van der Waals surface area (Å²) in [4.78, 5) is 25.1. The zero-order chi connectivity index (χ0) is 86.3. The van der Waals surface area contributed by atoms with Gasteiger partial charge in [-0.25, -0.2) is 9.59 Å². The third kappa shape index (κ3) is 30.2. The zero-order valence-electron chi connectivity index (χ0n) is 73.5. The summed E-state index contributed by atoms with van der Waals surface area (Å²) in [5.74, 6) is 3.27. The Morgan fingerprint density at radius 1 is 0.287 bits per heavy atom. The number of halogens is 1. The van der Waals surface area contributed by atoms with Crippen molar-refractivity contribution in [2.24, 2.45) is 0 Å². The van der Waals surface area contributed by atoms with Gasteiger partial charge in [-0.3, -0.25) is 0 Å². The largest absolute Gasteiger partial charge is 0.494 e. The molecule has 0 aliphatic heterocycles. The molecule has 11 rings (SSSR count). The van der Waals surface area contributed by atoms with E-state index in [1.165, 1.54) is 164 Å². The number of esters is 2. The van der Waals surface area contributed by atoms with Crippen LogP contribution in [-0.2, 0) is 20.7 Å². The molecule has 0 bridgehead atoms. The van der Waals surface area contributed by atoms with Crippen molar-refractivity contribution in [3.63, 3.8) is 0 Å². The molecule has 4 heterocycles. The number of thiophene rings is 4. The molecule has 11 aromatic rings. The van der Waals surface area contributed by atoms with Gasteiger partial charge in [0.2, 0.25) is 0 Å². The van der Waals surface area contributed by atoms with Crippen LogP contribution in [0, 0.1) is 0 Å². The molecule has 0 unspecified atom stereocenters. The maximum atomic E-state index is 14.2. The molecule has 0 spiro atoms. The first-order chi connectivity index (χ1) is 59.8. The van der Waals surface area contributed by atoms with Crippen LogP contribution >= 0.6 is 61.3 Å². The lowest BCUT2D eigenvalue weighted by Gasteiger charge is -2.36. The van der Waals surface area contributed by atoms with Gasteiger partial charge in [-0.15, -0.1) is 0 Å². The van der Waals surface area contributed by atoms with Gasteiger partial charge in [0, 0.05) is 15.6 Å². The van der Waals surface area contributed by atoms with Gasteiger partial charge >= 0.3 is 11.9 Å². The van der Waals surface area contributed by atoms with Crippen LogP contribution in [0.25, 0.3) is 44.5 Å². The van der Waals surface area contributed by atoms with E-state index in [-0.39, 0.29) is 13.2 Å². The van der Waals surface area contributed by atoms with Crippen molar-refractivity contribution < 1.29 is 53.0 Å². The highest BCUT2D eigenvalue weighted by Gasteiger charge is 2.42. The fraction of sp³-hybridized carbons (Fsp3) is 0.434. The Kier molecular flexibility index (Phi) is 44.0. The summed E-state index contributed by atoms with van der Waals surface area (Å²) in [5.41, 5.74) is 8.36. The average Bonchev–Trinajstić information content (AvgIpc) is 1.18. The normalized spacial score (nSPS) is 11.3. The number of hydrogen-bond donors (Lipinski definition) is 2. The molecular formula is C106H133BrO11S4. The molecule has 7 aromatic carbocycles. The molecule has 0 aliphatic rings. The van der Waals surface area contributed by atoms with E-state index in [1.54, 1.807) is 48.7 Å². The second-order valence-electron chi connectivity index (χ2n) is 31.4. The maximum Gasteiger partial charge on any atom is 0.338 e. The molecule has 0 fully saturated rings. The Morgan fingerprint density at radius 2 is 0.508 bits per heavy atom. The van der Waals surface area contributed by atoms with Gasteiger partial charge in [-0.05, 0) is 277 Å². The van der Waals surface area contributed by atoms with Gasteiger partial charge < -0.3 is 43.4 Å². The third-order valence-corrected chi connectivity index (χ3v) is 25.4. The Balaban J connectivity index is 0.000000324. The first-order valence-corrected chi connectivity index (χ1v) is 50.0. The lowest BCUT2D eigenvalue weighted by molar-refractivity contribution is 0.0513. The Hall–Kier alpha value is -8.32. The first kappa shape index (κ1) is 97.5. The number of hydrogen-bond acceptors (Lipinski definition) is 15. The molecule has 0 saturated carbocycles. The van der Waals surface area contributed by atoms with Crippen molar-refractivity contribution in [1.29, 1.82) is 0 Å². The summed E-state index contributed by atoms with van der Waals surface area (Å²) in [5, 5.41) is 44.5. The molecule has 11 nitrogen and oxygen atoms in total. The molecule has 0 saturated heterocycles. The van der Waals surface area contributed by atoms with Gasteiger partial charge in [0.05, 0.1) is 57.4 Å². The fourth-order valence-corrected chi connectivity index (χ4v) is 18.1. The van der Waals surface area contributed by atoms with Gasteiger partial charge in [0.15, 0.2) is 0 Å². The van der Waals surface area contributed by atoms with Crippen LogP contribution in [0.15, 0.2) is 217 Å². The number of carbonyl (C=O) groups excluding carboxylic acids is 2. The standard InChI is InChI=1S/C72H94O6S2.C20H18O4S2.C14H21BrO/c1-5-9-13-17-21-25-47-75-63-37-29-59(30-38-63)71(73,60-31-39-64(40-32-60)76-48-26-22-18-14-10-6-2)69-53-68(58-46-52-80-56-58)70(54-67(69)57-45-51-79-55-57)72(74,61-33-41-65(42-34-61)77-49-27-23-19-15-11-7-3)62-35-43-66(44-36-62)78-50-28-24-20-16-12-8-4;1-3-23-19(21)17-9-16(14-6-8-26-12-14)18(20(22)24-4-2)10-15(17)13-5-7-25-11-13;1-2-3-4-5-6-7-12-16-14-10-8-13(15)9-11-14/h29-46,51-56,73-74H,5-28,47-50H2,1-4H3;5-12H,3-4H2,1-2H3;8-11H,2-7,12H2,1H3. The van der Waals surface area contributed by atoms with Crippen molar-refractivity contribution >= 4 is 73.2 Å². The molecule has 122 heavy (non-hydrogen) atoms. The average molecular weight is 1790 g/mol. The Morgan fingerprint density at radius 3 is 0.730 bits per heavy atom. The van der Waals surface area contributed by atoms with Crippen LogP contribution in [0.3, 0.4) is 0 Å². The van der Waals surface area contributed by atoms with Crippen LogP contribution in [0.4, 0.5) is 0 Å². The summed E-state index contributed by atoms with van der Waals surface area (Å²) < 4.78 is 42.5. The van der Waals surface area contributed by atoms with Crippen molar-refractivity contribution in [3.8, 4) is 73.3 Å². The first-order valence-electron chi connectivity index (χ1n) is 45.4. The molecule has 4 aromatic heterocycles. The monoisotopic (exact) mass is 1790 g/mol.